The van der Waals surface area contributed by atoms with Gasteiger partial charge in [0, 0.05) is 111 Å². The number of aromatic hydroxyl groups is 1. The number of allylic oxidation sites excluding steroid dienone is 2. The summed E-state index contributed by atoms with van der Waals surface area (Å²) in [5.41, 5.74) is 0.764. The Hall–Kier alpha value is -5.03. The molecule has 7 rings (SSSR count). The van der Waals surface area contributed by atoms with Crippen molar-refractivity contribution >= 4 is 81.8 Å². The number of hydrogen-bond acceptors (Lipinski definition) is 16. The zero-order valence-electron chi connectivity index (χ0n) is 41.1. The number of Topliss-reactive ketones (excluding diaryl/α,β-unsaturated/α-hetero) is 1. The Bertz CT molecular complexity index is 2820. The molecular formula is C51H65N4O12PS. The molecule has 1 aromatic heterocycles. The summed E-state index contributed by atoms with van der Waals surface area (Å²) in [4.78, 5) is 66.6. The molecule has 0 saturated carbocycles. The summed E-state index contributed by atoms with van der Waals surface area (Å²) < 4.78 is 30.8. The molecule has 18 heteroatoms. The van der Waals surface area contributed by atoms with Gasteiger partial charge in [0.05, 0.1) is 35.5 Å². The van der Waals surface area contributed by atoms with E-state index in [9.17, 15) is 34.5 Å². The lowest BCUT2D eigenvalue weighted by atomic mass is 9.78. The second kappa shape index (κ2) is 20.7. The second-order valence-electron chi connectivity index (χ2n) is 19.3. The summed E-state index contributed by atoms with van der Waals surface area (Å²) >= 11 is 1.37. The van der Waals surface area contributed by atoms with Gasteiger partial charge in [-0.3, -0.25) is 24.1 Å². The standard InChI is InChI=1S/C51H65N4O12PS/c1-24(2)23-54-16-18-55(19-17-54)32-21-34-39(35(22-32)69-68)52-40-36-37-44(59)30(8)47-38(36)49(61)51(10,67-47)64-20-15-33(63-11)27(5)46(65-31(9)56)29(7)43(58)28(6)42(57)25(3)13-12-14-26(4)50(62)53-41(45(37)60)48(40)66-34/h12-15,20-22,24-25,27-29,33,42-43,46,57-58,60H,16-19,23,68H2,1-11H3,(H,53,62)/t25-,27+,28+,29+,33-,42-,43+,46+,51?/m0/s1. The van der Waals surface area contributed by atoms with Gasteiger partial charge < -0.3 is 48.9 Å². The number of nitrogens with zero attached hydrogens (tertiary/aromatic N) is 3. The number of hydrogen-bond donors (Lipinski definition) is 4. The number of amides is 1. The van der Waals surface area contributed by atoms with Crippen LogP contribution in [0.3, 0.4) is 0 Å². The minimum Gasteiger partial charge on any atom is -0.505 e. The highest BCUT2D eigenvalue weighted by Gasteiger charge is 2.50. The van der Waals surface area contributed by atoms with Crippen LogP contribution in [0, 0.1) is 36.5 Å². The van der Waals surface area contributed by atoms with Crippen molar-refractivity contribution in [3.05, 3.63) is 69.6 Å². The van der Waals surface area contributed by atoms with Crippen molar-refractivity contribution in [2.75, 3.05) is 50.1 Å². The van der Waals surface area contributed by atoms with Crippen molar-refractivity contribution in [2.24, 2.45) is 29.6 Å². The van der Waals surface area contributed by atoms with Gasteiger partial charge >= 0.3 is 11.8 Å². The number of phenolic OH excluding ortho intramolecular Hbond substituents is 1. The van der Waals surface area contributed by atoms with E-state index in [1.165, 1.54) is 57.7 Å². The van der Waals surface area contributed by atoms with Crippen LogP contribution in [-0.4, -0.2) is 113 Å². The number of anilines is 2. The summed E-state index contributed by atoms with van der Waals surface area (Å²) in [6.07, 6.45) is 3.70. The van der Waals surface area contributed by atoms with Crippen LogP contribution >= 0.6 is 19.8 Å². The predicted molar refractivity (Wildman–Crippen MR) is 271 cm³/mol. The predicted octanol–water partition coefficient (Wildman–Crippen LogP) is 7.66. The van der Waals surface area contributed by atoms with Gasteiger partial charge in [0.2, 0.25) is 0 Å². The number of piperazine rings is 1. The number of fused-ring (bicyclic) bond motifs is 2. The third-order valence-electron chi connectivity index (χ3n) is 13.9. The molecular weight excluding hydrogens is 924 g/mol. The minimum atomic E-state index is -2.05. The lowest BCUT2D eigenvalue weighted by Gasteiger charge is -2.38. The molecule has 3 aromatic carbocycles. The fraction of sp³-hybridized carbons (Fsp3) is 0.510. The highest BCUT2D eigenvalue weighted by atomic mass is 32.7. The van der Waals surface area contributed by atoms with Crippen molar-refractivity contribution in [3.63, 3.8) is 0 Å². The molecule has 372 valence electrons. The van der Waals surface area contributed by atoms with E-state index in [-0.39, 0.29) is 50.0 Å². The number of ether oxygens (including phenoxy) is 4. The van der Waals surface area contributed by atoms with Gasteiger partial charge in [-0.15, -0.1) is 11.4 Å². The maximum Gasteiger partial charge on any atom is 0.312 e. The maximum absolute atomic E-state index is 14.9. The zero-order valence-corrected chi connectivity index (χ0v) is 43.1. The number of nitrogens with one attached hydrogen (secondary N) is 1. The first kappa shape index (κ1) is 51.8. The Morgan fingerprint density at radius 1 is 1.00 bits per heavy atom. The van der Waals surface area contributed by atoms with E-state index >= 15 is 0 Å². The molecule has 4 bridgehead atoms. The molecule has 10 atom stereocenters. The number of carbonyl (C=O) groups excluding carboxylic acids is 3. The Morgan fingerprint density at radius 3 is 2.33 bits per heavy atom. The average Bonchev–Trinajstić information content (AvgIpc) is 3.58. The molecule has 4 heterocycles. The third-order valence-corrected chi connectivity index (χ3v) is 15.2. The van der Waals surface area contributed by atoms with Crippen LogP contribution in [0.15, 0.2) is 62.4 Å². The van der Waals surface area contributed by atoms with Gasteiger partial charge in [0.1, 0.15) is 28.6 Å². The maximum atomic E-state index is 14.9. The Labute approximate surface area is 408 Å². The Kier molecular flexibility index (Phi) is 15.6. The lowest BCUT2D eigenvalue weighted by Crippen LogP contribution is -2.47. The van der Waals surface area contributed by atoms with Crippen molar-refractivity contribution in [1.29, 1.82) is 0 Å². The van der Waals surface area contributed by atoms with Crippen LogP contribution in [0.1, 0.15) is 78.2 Å². The smallest absolute Gasteiger partial charge is 0.312 e. The number of aliphatic hydroxyl groups is 2. The first-order valence-electron chi connectivity index (χ1n) is 23.4. The van der Waals surface area contributed by atoms with Crippen LogP contribution in [-0.2, 0) is 23.8 Å². The van der Waals surface area contributed by atoms with Crippen LogP contribution in [0.25, 0.3) is 33.0 Å². The molecule has 69 heavy (non-hydrogen) atoms. The van der Waals surface area contributed by atoms with E-state index < -0.39 is 82.7 Å². The minimum absolute atomic E-state index is 0.00331. The van der Waals surface area contributed by atoms with E-state index in [2.05, 4.69) is 37.4 Å². The topological polar surface area (TPSA) is 210 Å². The second-order valence-corrected chi connectivity index (χ2v) is 20.7. The number of carbonyl (C=O) groups is 3. The largest absolute Gasteiger partial charge is 0.505 e. The quantitative estimate of drug-likeness (QED) is 0.0480. The summed E-state index contributed by atoms with van der Waals surface area (Å²) in [5.74, 6) is -6.64. The molecule has 16 nitrogen and oxygen atoms in total. The molecule has 1 amide bonds. The number of ketones is 1. The Balaban J connectivity index is 1.44. The first-order valence-corrected chi connectivity index (χ1v) is 25.7. The molecule has 3 aliphatic rings. The molecule has 1 saturated heterocycles. The number of esters is 1. The van der Waals surface area contributed by atoms with Crippen molar-refractivity contribution in [2.45, 2.75) is 104 Å². The van der Waals surface area contributed by atoms with Gasteiger partial charge in [0.15, 0.2) is 22.3 Å². The monoisotopic (exact) mass is 988 g/mol. The highest BCUT2D eigenvalue weighted by molar-refractivity contribution is 8.44. The number of aromatic nitrogens is 1. The summed E-state index contributed by atoms with van der Waals surface area (Å²) in [6.45, 7) is 21.4. The van der Waals surface area contributed by atoms with Crippen molar-refractivity contribution in [3.8, 4) is 11.5 Å². The molecule has 0 radical (unpaired) electrons. The van der Waals surface area contributed by atoms with Gasteiger partial charge in [-0.1, -0.05) is 68.2 Å². The zero-order chi connectivity index (χ0) is 50.4. The third kappa shape index (κ3) is 10.0. The van der Waals surface area contributed by atoms with Crippen LogP contribution in [0.4, 0.5) is 11.4 Å². The summed E-state index contributed by atoms with van der Waals surface area (Å²) in [7, 11) is 4.11. The van der Waals surface area contributed by atoms with Gasteiger partial charge in [-0.05, 0) is 31.9 Å². The molecule has 0 aliphatic carbocycles. The number of benzene rings is 3. The fourth-order valence-corrected chi connectivity index (χ4v) is 10.8. The number of rotatable bonds is 6. The van der Waals surface area contributed by atoms with E-state index in [0.717, 1.165) is 43.3 Å². The fourth-order valence-electron chi connectivity index (χ4n) is 9.84. The van der Waals surface area contributed by atoms with Crippen LogP contribution in [0.2, 0.25) is 0 Å². The molecule has 0 spiro atoms. The molecule has 4 aromatic rings. The molecule has 1 fully saturated rings. The number of methoxy groups -OCH3 is 1. The van der Waals surface area contributed by atoms with Gasteiger partial charge in [-0.2, -0.15) is 0 Å². The highest BCUT2D eigenvalue weighted by Crippen LogP contribution is 2.49. The SMILES string of the molecule is CO[C@H]1C=COC2(C)Oc3c(C)c(=O)c4c(O)c(c5oc6cc(N7CCN(CC(C)C)CC7)cc(SP)c6nc5c4c3C2=O)NC(=O)C(C)=CC=C[C@H](C)[C@H](O)[C@@H](C)[C@@H](O)[C@@H](C)[C@H](OC(C)=O)[C@@H]1C. The molecule has 2 unspecified atom stereocenters. The first-order chi connectivity index (χ1) is 32.6. The summed E-state index contributed by atoms with van der Waals surface area (Å²) in [5, 5.41) is 37.9. The van der Waals surface area contributed by atoms with E-state index in [1.807, 2.05) is 12.1 Å². The van der Waals surface area contributed by atoms with E-state index in [1.54, 1.807) is 46.8 Å². The van der Waals surface area contributed by atoms with Crippen LogP contribution < -0.4 is 20.4 Å². The molecule has 4 N–H and O–H groups in total. The van der Waals surface area contributed by atoms with Crippen LogP contribution in [0.5, 0.6) is 11.5 Å². The van der Waals surface area contributed by atoms with Crippen molar-refractivity contribution in [1.82, 2.24) is 9.88 Å². The number of phenols is 1. The van der Waals surface area contributed by atoms with E-state index in [0.29, 0.717) is 17.0 Å². The summed E-state index contributed by atoms with van der Waals surface area (Å²) in [6, 6.07) is 3.89. The molecule has 3 aliphatic heterocycles. The van der Waals surface area contributed by atoms with Crippen molar-refractivity contribution < 1.29 is 53.1 Å². The number of aliphatic hydroxyl groups excluding tert-OH is 2. The van der Waals surface area contributed by atoms with Gasteiger partial charge in [-0.25, -0.2) is 4.98 Å². The average molecular weight is 989 g/mol. The lowest BCUT2D eigenvalue weighted by molar-refractivity contribution is -0.160. The normalized spacial score (nSPS) is 27.6. The van der Waals surface area contributed by atoms with E-state index in [4.69, 9.17) is 28.3 Å². The Morgan fingerprint density at radius 2 is 1.70 bits per heavy atom. The van der Waals surface area contributed by atoms with Gasteiger partial charge in [0.25, 0.3) is 11.7 Å².